The van der Waals surface area contributed by atoms with Crippen LogP contribution in [0.4, 0.5) is 0 Å². The van der Waals surface area contributed by atoms with Crippen LogP contribution in [-0.2, 0) is 0 Å². The number of hydrogen-bond donors (Lipinski definition) is 0. The van der Waals surface area contributed by atoms with E-state index in [1.165, 1.54) is 31.2 Å². The molecule has 4 aromatic carbocycles. The molecule has 1 aliphatic carbocycles. The lowest BCUT2D eigenvalue weighted by Crippen LogP contribution is -1.94. The van der Waals surface area contributed by atoms with Crippen molar-refractivity contribution in [3.63, 3.8) is 0 Å². The summed E-state index contributed by atoms with van der Waals surface area (Å²) in [6, 6.07) is 27.7. The summed E-state index contributed by atoms with van der Waals surface area (Å²) in [5.41, 5.74) is 7.07. The van der Waals surface area contributed by atoms with Gasteiger partial charge in [-0.15, -0.1) is 0 Å². The third kappa shape index (κ3) is 2.75. The fourth-order valence-corrected chi connectivity index (χ4v) is 6.15. The first-order valence-electron chi connectivity index (χ1n) is 12.5. The Kier molecular flexibility index (Phi) is 3.95. The normalized spacial score (nSPS) is 14.9. The molecule has 0 radical (unpaired) electrons. The zero-order chi connectivity index (χ0) is 22.9. The molecule has 0 atom stereocenters. The second-order valence-corrected chi connectivity index (χ2v) is 9.82. The van der Waals surface area contributed by atoms with E-state index in [1.54, 1.807) is 0 Å². The van der Waals surface area contributed by atoms with Gasteiger partial charge >= 0.3 is 0 Å². The van der Waals surface area contributed by atoms with Crippen molar-refractivity contribution in [1.29, 1.82) is 0 Å². The van der Waals surface area contributed by atoms with E-state index in [9.17, 15) is 0 Å². The van der Waals surface area contributed by atoms with Crippen LogP contribution in [0.15, 0.2) is 93.9 Å². The molecule has 0 saturated heterocycles. The molecule has 3 heteroatoms. The van der Waals surface area contributed by atoms with Crippen LogP contribution in [-0.4, -0.2) is 4.98 Å². The molecule has 0 aliphatic heterocycles. The van der Waals surface area contributed by atoms with E-state index in [-0.39, 0.29) is 0 Å². The number of benzene rings is 4. The van der Waals surface area contributed by atoms with Gasteiger partial charge in [0.2, 0.25) is 0 Å². The van der Waals surface area contributed by atoms with E-state index in [1.807, 2.05) is 18.3 Å². The van der Waals surface area contributed by atoms with Crippen LogP contribution in [0.5, 0.6) is 0 Å². The van der Waals surface area contributed by atoms with Crippen LogP contribution in [0, 0.1) is 0 Å². The van der Waals surface area contributed by atoms with E-state index < -0.39 is 0 Å². The number of hydrogen-bond acceptors (Lipinski definition) is 3. The van der Waals surface area contributed by atoms with Gasteiger partial charge in [-0.05, 0) is 72.9 Å². The number of pyridine rings is 1. The topological polar surface area (TPSA) is 39.2 Å². The zero-order valence-corrected chi connectivity index (χ0v) is 19.3. The molecule has 7 aromatic rings. The smallest absolute Gasteiger partial charge is 0.144 e. The quantitative estimate of drug-likeness (QED) is 0.262. The minimum atomic E-state index is 0.654. The molecule has 0 unspecified atom stereocenters. The Morgan fingerprint density at radius 1 is 0.600 bits per heavy atom. The Morgan fingerprint density at radius 2 is 1.26 bits per heavy atom. The molecule has 35 heavy (non-hydrogen) atoms. The first-order valence-corrected chi connectivity index (χ1v) is 12.5. The largest absolute Gasteiger partial charge is 0.455 e. The summed E-state index contributed by atoms with van der Waals surface area (Å²) in [6.07, 6.45) is 7.17. The van der Waals surface area contributed by atoms with E-state index in [0.29, 0.717) is 5.92 Å². The van der Waals surface area contributed by atoms with Crippen LogP contribution < -0.4 is 0 Å². The Bertz CT molecular complexity index is 1920. The van der Waals surface area contributed by atoms with E-state index >= 15 is 0 Å². The summed E-state index contributed by atoms with van der Waals surface area (Å²) >= 11 is 0. The summed E-state index contributed by atoms with van der Waals surface area (Å²) in [5, 5.41) is 6.67. The minimum Gasteiger partial charge on any atom is -0.455 e. The molecule has 8 rings (SSSR count). The molecule has 0 spiro atoms. The molecule has 0 bridgehead atoms. The van der Waals surface area contributed by atoms with Crippen LogP contribution in [0.2, 0.25) is 0 Å². The lowest BCUT2D eigenvalue weighted by atomic mass is 9.96. The summed E-state index contributed by atoms with van der Waals surface area (Å²) < 4.78 is 12.9. The zero-order valence-electron chi connectivity index (χ0n) is 19.3. The average Bonchev–Trinajstić information content (AvgIpc) is 3.65. The summed E-state index contributed by atoms with van der Waals surface area (Å²) in [5.74, 6) is 0.654. The van der Waals surface area contributed by atoms with Crippen molar-refractivity contribution in [2.75, 3.05) is 0 Å². The van der Waals surface area contributed by atoms with Gasteiger partial charge in [0.25, 0.3) is 0 Å². The average molecular weight is 454 g/mol. The highest BCUT2D eigenvalue weighted by Gasteiger charge is 2.20. The molecule has 0 N–H and O–H groups in total. The molecule has 3 aromatic heterocycles. The fourth-order valence-electron chi connectivity index (χ4n) is 6.15. The predicted molar refractivity (Wildman–Crippen MR) is 143 cm³/mol. The first kappa shape index (κ1) is 19.2. The van der Waals surface area contributed by atoms with Crippen molar-refractivity contribution in [1.82, 2.24) is 4.98 Å². The van der Waals surface area contributed by atoms with Crippen LogP contribution >= 0.6 is 0 Å². The van der Waals surface area contributed by atoms with E-state index in [4.69, 9.17) is 13.8 Å². The molecule has 1 saturated carbocycles. The Labute approximate surface area is 202 Å². The highest BCUT2D eigenvalue weighted by Crippen LogP contribution is 2.42. The maximum Gasteiger partial charge on any atom is 0.144 e. The summed E-state index contributed by atoms with van der Waals surface area (Å²) in [4.78, 5) is 4.75. The second-order valence-electron chi connectivity index (χ2n) is 9.82. The molecule has 0 amide bonds. The van der Waals surface area contributed by atoms with Gasteiger partial charge in [-0.1, -0.05) is 43.2 Å². The van der Waals surface area contributed by atoms with Crippen molar-refractivity contribution < 1.29 is 8.83 Å². The van der Waals surface area contributed by atoms with Gasteiger partial charge in [-0.25, -0.2) is 0 Å². The number of nitrogens with zero attached hydrogens (tertiary/aromatic N) is 1. The Balaban J connectivity index is 1.38. The maximum absolute atomic E-state index is 6.66. The first-order chi connectivity index (χ1) is 17.3. The number of aromatic nitrogens is 1. The SMILES string of the molecule is c1ccc2c(c1)oc1c2ccc2c1ccc1c3cccc(-c4cc(C5CCCC5)ccn4)c3oc12. The number of fused-ring (bicyclic) bond motifs is 9. The van der Waals surface area contributed by atoms with Crippen molar-refractivity contribution >= 4 is 54.6 Å². The summed E-state index contributed by atoms with van der Waals surface area (Å²) in [6.45, 7) is 0. The predicted octanol–water partition coefficient (Wildman–Crippen LogP) is 9.36. The molecule has 3 nitrogen and oxygen atoms in total. The number of rotatable bonds is 2. The van der Waals surface area contributed by atoms with Crippen molar-refractivity contribution in [2.24, 2.45) is 0 Å². The van der Waals surface area contributed by atoms with Gasteiger partial charge in [-0.2, -0.15) is 0 Å². The van der Waals surface area contributed by atoms with Gasteiger partial charge < -0.3 is 8.83 Å². The standard InChI is InChI=1S/C32H23NO2/c1-2-7-19(6-1)20-16-17-33-28(18-20)27-10-5-9-22-24-14-15-25-26(31(24)35-32(22)27)13-12-23-21-8-3-4-11-29(21)34-30(23)25/h3-5,8-19H,1-2,6-7H2. The lowest BCUT2D eigenvalue weighted by Gasteiger charge is -2.11. The highest BCUT2D eigenvalue weighted by atomic mass is 16.3. The lowest BCUT2D eigenvalue weighted by molar-refractivity contribution is 0.669. The summed E-state index contributed by atoms with van der Waals surface area (Å²) in [7, 11) is 0. The van der Waals surface area contributed by atoms with Gasteiger partial charge in [0.1, 0.15) is 22.3 Å². The van der Waals surface area contributed by atoms with E-state index in [2.05, 4.69) is 66.7 Å². The number of para-hydroxylation sites is 2. The highest BCUT2D eigenvalue weighted by molar-refractivity contribution is 6.23. The van der Waals surface area contributed by atoms with Crippen molar-refractivity contribution in [3.8, 4) is 11.3 Å². The molecular formula is C32H23NO2. The van der Waals surface area contributed by atoms with Crippen LogP contribution in [0.25, 0.3) is 65.9 Å². The molecule has 1 fully saturated rings. The number of furan rings is 2. The monoisotopic (exact) mass is 453 g/mol. The minimum absolute atomic E-state index is 0.654. The van der Waals surface area contributed by atoms with Gasteiger partial charge in [0.15, 0.2) is 0 Å². The fraction of sp³-hybridized carbons (Fsp3) is 0.156. The van der Waals surface area contributed by atoms with Crippen LogP contribution in [0.1, 0.15) is 37.2 Å². The molecule has 1 aliphatic rings. The second kappa shape index (κ2) is 7.19. The third-order valence-electron chi connectivity index (χ3n) is 7.89. The van der Waals surface area contributed by atoms with Gasteiger partial charge in [0, 0.05) is 44.1 Å². The Hall–Kier alpha value is -4.11. The van der Waals surface area contributed by atoms with Crippen molar-refractivity contribution in [3.05, 3.63) is 90.6 Å². The van der Waals surface area contributed by atoms with Gasteiger partial charge in [0.05, 0.1) is 5.69 Å². The van der Waals surface area contributed by atoms with E-state index in [0.717, 1.165) is 65.9 Å². The van der Waals surface area contributed by atoms with Crippen molar-refractivity contribution in [2.45, 2.75) is 31.6 Å². The molecule has 168 valence electrons. The molecule has 3 heterocycles. The molecular weight excluding hydrogens is 430 g/mol. The maximum atomic E-state index is 6.66. The Morgan fingerprint density at radius 3 is 2.06 bits per heavy atom. The van der Waals surface area contributed by atoms with Gasteiger partial charge in [-0.3, -0.25) is 4.98 Å². The van der Waals surface area contributed by atoms with Crippen LogP contribution in [0.3, 0.4) is 0 Å². The third-order valence-corrected chi connectivity index (χ3v) is 7.89.